The average molecular weight is 474 g/mol. The van der Waals surface area contributed by atoms with E-state index >= 15 is 0 Å². The van der Waals surface area contributed by atoms with E-state index in [2.05, 4.69) is 29.2 Å². The Morgan fingerprint density at radius 1 is 1.29 bits per heavy atom. The monoisotopic (exact) mass is 473 g/mol. The molecular weight excluding hydrogens is 438 g/mol. The minimum absolute atomic E-state index is 0.0421. The van der Waals surface area contributed by atoms with Crippen molar-refractivity contribution in [3.8, 4) is 11.5 Å². The van der Waals surface area contributed by atoms with Gasteiger partial charge in [-0.15, -0.1) is 5.10 Å². The second-order valence-electron chi connectivity index (χ2n) is 9.37. The van der Waals surface area contributed by atoms with Gasteiger partial charge in [0.25, 0.3) is 0 Å². The molecule has 186 valence electrons. The predicted molar refractivity (Wildman–Crippen MR) is 124 cm³/mol. The maximum Gasteiger partial charge on any atom is 0.231 e. The van der Waals surface area contributed by atoms with Crippen LogP contribution in [0, 0.1) is 5.92 Å². The predicted octanol–water partition coefficient (Wildman–Crippen LogP) is 1.66. The summed E-state index contributed by atoms with van der Waals surface area (Å²) in [5.74, 6) is 1.63. The van der Waals surface area contributed by atoms with Gasteiger partial charge in [-0.2, -0.15) is 0 Å². The highest BCUT2D eigenvalue weighted by atomic mass is 16.7. The Morgan fingerprint density at radius 2 is 2.12 bits per heavy atom. The summed E-state index contributed by atoms with van der Waals surface area (Å²) in [7, 11) is 2.05. The first-order valence-electron chi connectivity index (χ1n) is 11.9. The third kappa shape index (κ3) is 6.05. The Morgan fingerprint density at radius 3 is 2.94 bits per heavy atom. The summed E-state index contributed by atoms with van der Waals surface area (Å²) in [5, 5.41) is 18.1. The van der Waals surface area contributed by atoms with Gasteiger partial charge in [0.05, 0.1) is 31.6 Å². The molecule has 0 spiro atoms. The Hall–Kier alpha value is -2.69. The Kier molecular flexibility index (Phi) is 8.02. The van der Waals surface area contributed by atoms with Crippen molar-refractivity contribution in [1.29, 1.82) is 0 Å². The van der Waals surface area contributed by atoms with Crippen LogP contribution in [0.3, 0.4) is 0 Å². The van der Waals surface area contributed by atoms with E-state index in [1.54, 1.807) is 9.58 Å². The first-order valence-corrected chi connectivity index (χ1v) is 11.9. The van der Waals surface area contributed by atoms with Gasteiger partial charge in [-0.05, 0) is 38.1 Å². The van der Waals surface area contributed by atoms with Crippen molar-refractivity contribution in [3.05, 3.63) is 35.7 Å². The van der Waals surface area contributed by atoms with Crippen LogP contribution in [0.25, 0.3) is 0 Å². The largest absolute Gasteiger partial charge is 0.454 e. The number of aryl methyl sites for hydroxylation is 1. The van der Waals surface area contributed by atoms with Crippen molar-refractivity contribution < 1.29 is 24.1 Å². The number of amides is 1. The summed E-state index contributed by atoms with van der Waals surface area (Å²) in [6.07, 6.45) is 2.81. The molecule has 0 radical (unpaired) electrons. The standard InChI is InChI=1S/C24H35N5O5/c1-17-10-29(18(2)14-30)24(31)5-4-8-28-12-20(25-26-28)15-32-23(17)13-27(3)11-19-6-7-21-22(9-19)34-16-33-21/h6-7,9,12,17-18,23,30H,4-5,8,10-11,13-16H2,1-3H3/t17-,18+,23+/m1/s1. The van der Waals surface area contributed by atoms with Gasteiger partial charge in [0.15, 0.2) is 11.5 Å². The van der Waals surface area contributed by atoms with Gasteiger partial charge in [0.1, 0.15) is 5.69 Å². The lowest BCUT2D eigenvalue weighted by Crippen LogP contribution is -2.47. The third-order valence-corrected chi connectivity index (χ3v) is 6.43. The maximum absolute atomic E-state index is 13.0. The van der Waals surface area contributed by atoms with Crippen LogP contribution in [0.5, 0.6) is 11.5 Å². The van der Waals surface area contributed by atoms with Gasteiger partial charge < -0.3 is 24.2 Å². The minimum Gasteiger partial charge on any atom is -0.454 e. The molecule has 0 aliphatic carbocycles. The molecule has 0 saturated heterocycles. The topological polar surface area (TPSA) is 102 Å². The Balaban J connectivity index is 1.48. The molecular formula is C24H35N5O5. The Labute approximate surface area is 200 Å². The molecule has 4 rings (SSSR count). The number of rotatable bonds is 6. The summed E-state index contributed by atoms with van der Waals surface area (Å²) in [6.45, 7) is 7.05. The number of carbonyl (C=O) groups excluding carboxylic acids is 1. The van der Waals surface area contributed by atoms with E-state index in [0.29, 0.717) is 39.1 Å². The van der Waals surface area contributed by atoms with E-state index < -0.39 is 0 Å². The van der Waals surface area contributed by atoms with Gasteiger partial charge >= 0.3 is 0 Å². The molecule has 34 heavy (non-hydrogen) atoms. The number of aromatic nitrogens is 3. The first kappa shape index (κ1) is 24.4. The van der Waals surface area contributed by atoms with Crippen LogP contribution in [0.4, 0.5) is 0 Å². The highest BCUT2D eigenvalue weighted by molar-refractivity contribution is 5.76. The molecule has 0 fully saturated rings. The highest BCUT2D eigenvalue weighted by Gasteiger charge is 2.28. The average Bonchev–Trinajstić information content (AvgIpc) is 3.48. The van der Waals surface area contributed by atoms with E-state index in [1.807, 2.05) is 31.3 Å². The van der Waals surface area contributed by atoms with E-state index in [1.165, 1.54) is 0 Å². The maximum atomic E-state index is 13.0. The number of likely N-dealkylation sites (N-methyl/N-ethyl adjacent to an activating group) is 1. The number of hydrogen-bond acceptors (Lipinski definition) is 8. The van der Waals surface area contributed by atoms with Crippen LogP contribution in [-0.2, 0) is 29.2 Å². The van der Waals surface area contributed by atoms with Crippen LogP contribution < -0.4 is 9.47 Å². The fourth-order valence-electron chi connectivity index (χ4n) is 4.42. The zero-order valence-electron chi connectivity index (χ0n) is 20.2. The second kappa shape index (κ2) is 11.2. The van der Waals surface area contributed by atoms with E-state index in [0.717, 1.165) is 29.3 Å². The van der Waals surface area contributed by atoms with Gasteiger partial charge in [0.2, 0.25) is 12.7 Å². The summed E-state index contributed by atoms with van der Waals surface area (Å²) in [4.78, 5) is 17.0. The molecule has 10 nitrogen and oxygen atoms in total. The molecule has 1 amide bonds. The number of nitrogens with zero attached hydrogens (tertiary/aromatic N) is 5. The molecule has 1 aromatic heterocycles. The number of aliphatic hydroxyl groups is 1. The quantitative estimate of drug-likeness (QED) is 0.676. The Bertz CT molecular complexity index is 967. The third-order valence-electron chi connectivity index (χ3n) is 6.43. The highest BCUT2D eigenvalue weighted by Crippen LogP contribution is 2.32. The van der Waals surface area contributed by atoms with Gasteiger partial charge in [0, 0.05) is 38.5 Å². The normalized spacial score (nSPS) is 22.3. The fraction of sp³-hybridized carbons (Fsp3) is 0.625. The summed E-state index contributed by atoms with van der Waals surface area (Å²) < 4.78 is 19.0. The number of aliphatic hydroxyl groups excluding tert-OH is 1. The number of hydrogen-bond donors (Lipinski definition) is 1. The van der Waals surface area contributed by atoms with Crippen LogP contribution in [0.1, 0.15) is 37.9 Å². The smallest absolute Gasteiger partial charge is 0.231 e. The SMILES string of the molecule is C[C@@H]1CN([C@@H](C)CO)C(=O)CCCn2cc(nn2)CO[C@H]1CN(C)Cc1ccc2c(c1)OCO2. The number of benzene rings is 1. The van der Waals surface area contributed by atoms with Crippen molar-refractivity contribution in [2.45, 2.75) is 58.5 Å². The number of ether oxygens (including phenoxy) is 3. The molecule has 2 bridgehead atoms. The molecule has 0 saturated carbocycles. The molecule has 3 heterocycles. The molecule has 2 aromatic rings. The zero-order chi connectivity index (χ0) is 24.1. The second-order valence-corrected chi connectivity index (χ2v) is 9.37. The molecule has 10 heteroatoms. The molecule has 1 N–H and O–H groups in total. The van der Waals surface area contributed by atoms with Gasteiger partial charge in [-0.3, -0.25) is 14.4 Å². The summed E-state index contributed by atoms with van der Waals surface area (Å²) in [5.41, 5.74) is 1.90. The van der Waals surface area contributed by atoms with Crippen molar-refractivity contribution in [3.63, 3.8) is 0 Å². The zero-order valence-corrected chi connectivity index (χ0v) is 20.2. The summed E-state index contributed by atoms with van der Waals surface area (Å²) in [6, 6.07) is 5.74. The van der Waals surface area contributed by atoms with Crippen molar-refractivity contribution in [2.24, 2.45) is 5.92 Å². The van der Waals surface area contributed by atoms with Crippen LogP contribution in [-0.4, -0.2) is 81.5 Å². The molecule has 2 aliphatic rings. The fourth-order valence-corrected chi connectivity index (χ4v) is 4.42. The van der Waals surface area contributed by atoms with Crippen molar-refractivity contribution in [1.82, 2.24) is 24.8 Å². The van der Waals surface area contributed by atoms with Crippen molar-refractivity contribution >= 4 is 5.91 Å². The lowest BCUT2D eigenvalue weighted by molar-refractivity contribution is -0.136. The molecule has 0 unspecified atom stereocenters. The van der Waals surface area contributed by atoms with Crippen LogP contribution in [0.2, 0.25) is 0 Å². The number of carbonyl (C=O) groups is 1. The van der Waals surface area contributed by atoms with E-state index in [9.17, 15) is 9.90 Å². The molecule has 2 aliphatic heterocycles. The van der Waals surface area contributed by atoms with Crippen molar-refractivity contribution in [2.75, 3.05) is 33.5 Å². The minimum atomic E-state index is -0.246. The molecule has 3 atom stereocenters. The lowest BCUT2D eigenvalue weighted by Gasteiger charge is -2.35. The first-order chi connectivity index (χ1) is 16.4. The number of fused-ring (bicyclic) bond motifs is 3. The van der Waals surface area contributed by atoms with Crippen LogP contribution in [0.15, 0.2) is 24.4 Å². The van der Waals surface area contributed by atoms with Gasteiger partial charge in [-0.25, -0.2) is 0 Å². The van der Waals surface area contributed by atoms with Crippen LogP contribution >= 0.6 is 0 Å². The van der Waals surface area contributed by atoms with Gasteiger partial charge in [-0.1, -0.05) is 18.2 Å². The van der Waals surface area contributed by atoms with E-state index in [4.69, 9.17) is 14.2 Å². The lowest BCUT2D eigenvalue weighted by atomic mass is 10.0. The van der Waals surface area contributed by atoms with E-state index in [-0.39, 0.29) is 37.4 Å². The summed E-state index contributed by atoms with van der Waals surface area (Å²) >= 11 is 0. The molecule has 1 aromatic carbocycles.